The van der Waals surface area contributed by atoms with Crippen LogP contribution in [0.15, 0.2) is 54.7 Å². The van der Waals surface area contributed by atoms with Crippen LogP contribution in [-0.4, -0.2) is 42.7 Å². The van der Waals surface area contributed by atoms with Crippen LogP contribution in [0.25, 0.3) is 5.57 Å². The Morgan fingerprint density at radius 3 is 2.50 bits per heavy atom. The number of aliphatic hydroxyl groups excluding tert-OH is 1. The molecule has 3 N–H and O–H groups in total. The fourth-order valence-electron chi connectivity index (χ4n) is 2.61. The van der Waals surface area contributed by atoms with Gasteiger partial charge in [-0.15, -0.1) is 12.6 Å². The van der Waals surface area contributed by atoms with E-state index in [9.17, 15) is 18.3 Å². The van der Waals surface area contributed by atoms with E-state index in [4.69, 9.17) is 0 Å². The number of anilines is 1. The Bertz CT molecular complexity index is 699. The molecule has 1 aliphatic heterocycles. The second kappa shape index (κ2) is 14.0. The maximum absolute atomic E-state index is 10.2. The summed E-state index contributed by atoms with van der Waals surface area (Å²) >= 11 is 2.63. The summed E-state index contributed by atoms with van der Waals surface area (Å²) in [6.07, 6.45) is 4.54. The molecule has 2 heterocycles. The van der Waals surface area contributed by atoms with Crippen molar-refractivity contribution in [1.82, 2.24) is 10.3 Å². The fraction of sp³-hybridized carbons (Fsp3) is 0.350. The average Bonchev–Trinajstić information content (AvgIpc) is 2.74. The second-order valence-electron chi connectivity index (χ2n) is 5.70. The quantitative estimate of drug-likeness (QED) is 0.551. The van der Waals surface area contributed by atoms with E-state index in [0.29, 0.717) is 13.7 Å². The van der Waals surface area contributed by atoms with Crippen molar-refractivity contribution in [2.24, 2.45) is 0 Å². The predicted molar refractivity (Wildman–Crippen MR) is 112 cm³/mol. The molecule has 0 spiro atoms. The number of thiol groups is 1. The van der Waals surface area contributed by atoms with Gasteiger partial charge in [0, 0.05) is 19.3 Å². The number of hydrogen-bond acceptors (Lipinski definition) is 5. The maximum atomic E-state index is 10.2. The molecule has 0 saturated heterocycles. The van der Waals surface area contributed by atoms with Crippen LogP contribution in [0.5, 0.6) is 0 Å². The number of nitrogens with one attached hydrogen (secondary N) is 2. The van der Waals surface area contributed by atoms with Crippen molar-refractivity contribution in [2.75, 3.05) is 32.1 Å². The summed E-state index contributed by atoms with van der Waals surface area (Å²) < 4.78 is 29.9. The van der Waals surface area contributed by atoms with Crippen LogP contribution in [-0.2, 0) is 0 Å². The number of pyridine rings is 1. The zero-order valence-electron chi connectivity index (χ0n) is 15.7. The summed E-state index contributed by atoms with van der Waals surface area (Å²) in [6, 6.07) is 13.8. The number of halogens is 3. The number of aromatic nitrogens is 1. The van der Waals surface area contributed by atoms with E-state index in [-0.39, 0.29) is 0 Å². The highest BCUT2D eigenvalue weighted by Gasteiger charge is 2.09. The second-order valence-corrected chi connectivity index (χ2v) is 6.09. The third-order valence-corrected chi connectivity index (χ3v) is 3.86. The number of rotatable bonds is 5. The van der Waals surface area contributed by atoms with Crippen LogP contribution in [0.3, 0.4) is 0 Å². The molecule has 28 heavy (non-hydrogen) atoms. The molecule has 1 aromatic carbocycles. The van der Waals surface area contributed by atoms with Crippen LogP contribution in [0, 0.1) is 0 Å². The maximum Gasteiger partial charge on any atom is 0.281 e. The van der Waals surface area contributed by atoms with Gasteiger partial charge in [-0.1, -0.05) is 36.4 Å². The first-order valence-corrected chi connectivity index (χ1v) is 9.25. The summed E-state index contributed by atoms with van der Waals surface area (Å²) in [5, 5.41) is 16.7. The normalized spacial score (nSPS) is 14.0. The minimum atomic E-state index is -2.47. The minimum Gasteiger partial charge on any atom is -0.387 e. The van der Waals surface area contributed by atoms with Gasteiger partial charge in [0.15, 0.2) is 0 Å². The smallest absolute Gasteiger partial charge is 0.281 e. The molecule has 1 aromatic heterocycles. The molecule has 4 nitrogen and oxygen atoms in total. The SMILES string of the molecule is CF.FC(F)S.OC(CNc1cc(C2=CCNCC2)ccn1)c1ccccc1. The van der Waals surface area contributed by atoms with Crippen LogP contribution in [0.2, 0.25) is 0 Å². The average molecular weight is 414 g/mol. The van der Waals surface area contributed by atoms with Gasteiger partial charge in [0.05, 0.1) is 13.3 Å². The Labute approximate surface area is 169 Å². The Kier molecular flexibility index (Phi) is 12.0. The Morgan fingerprint density at radius 2 is 1.89 bits per heavy atom. The first-order chi connectivity index (χ1) is 13.6. The van der Waals surface area contributed by atoms with Gasteiger partial charge in [-0.25, -0.2) is 4.98 Å². The summed E-state index contributed by atoms with van der Waals surface area (Å²) in [6.45, 7) is 2.39. The van der Waals surface area contributed by atoms with E-state index in [1.165, 1.54) is 11.1 Å². The lowest BCUT2D eigenvalue weighted by molar-refractivity contribution is 0.191. The lowest BCUT2D eigenvalue weighted by Gasteiger charge is -2.16. The molecule has 0 bridgehead atoms. The molecular formula is C20H26F3N3OS. The van der Waals surface area contributed by atoms with E-state index in [1.54, 1.807) is 0 Å². The monoisotopic (exact) mass is 413 g/mol. The van der Waals surface area contributed by atoms with Gasteiger partial charge in [0.25, 0.3) is 5.76 Å². The van der Waals surface area contributed by atoms with Gasteiger partial charge >= 0.3 is 0 Å². The molecule has 0 radical (unpaired) electrons. The van der Waals surface area contributed by atoms with Crippen molar-refractivity contribution in [3.63, 3.8) is 0 Å². The topological polar surface area (TPSA) is 57.2 Å². The summed E-state index contributed by atoms with van der Waals surface area (Å²) in [5.74, 6) is -1.67. The first kappa shape index (κ1) is 24.0. The summed E-state index contributed by atoms with van der Waals surface area (Å²) in [4.78, 5) is 4.33. The highest BCUT2D eigenvalue weighted by atomic mass is 32.1. The molecular weight excluding hydrogens is 387 g/mol. The first-order valence-electron chi connectivity index (χ1n) is 8.73. The van der Waals surface area contributed by atoms with Gasteiger partial charge in [0.2, 0.25) is 0 Å². The lowest BCUT2D eigenvalue weighted by Crippen LogP contribution is -2.20. The standard InChI is InChI=1S/C18H21N3O.CH2F2S.CH3F/c22-17(15-4-2-1-3-5-15)13-21-18-12-16(8-11-20-18)14-6-9-19-10-7-14;2-1(3)4;1-2/h1-6,8,11-12,17,19,22H,7,9-10,13H2,(H,20,21);1,4H;1H3. The Balaban J connectivity index is 0.000000583. The summed E-state index contributed by atoms with van der Waals surface area (Å²) in [7, 11) is 0.500. The zero-order valence-corrected chi connectivity index (χ0v) is 16.5. The number of hydrogen-bond donors (Lipinski definition) is 4. The molecule has 0 fully saturated rings. The molecule has 8 heteroatoms. The van der Waals surface area contributed by atoms with E-state index in [0.717, 1.165) is 30.9 Å². The largest absolute Gasteiger partial charge is 0.387 e. The van der Waals surface area contributed by atoms with Crippen molar-refractivity contribution in [3.8, 4) is 0 Å². The molecule has 0 aliphatic carbocycles. The number of aliphatic hydroxyl groups is 1. The van der Waals surface area contributed by atoms with E-state index < -0.39 is 11.9 Å². The van der Waals surface area contributed by atoms with Crippen LogP contribution < -0.4 is 10.6 Å². The van der Waals surface area contributed by atoms with Crippen molar-refractivity contribution >= 4 is 24.0 Å². The highest BCUT2D eigenvalue weighted by molar-refractivity contribution is 7.80. The lowest BCUT2D eigenvalue weighted by atomic mass is 10.0. The van der Waals surface area contributed by atoms with Crippen molar-refractivity contribution in [1.29, 1.82) is 0 Å². The predicted octanol–water partition coefficient (Wildman–Crippen LogP) is 4.33. The molecule has 1 aliphatic rings. The molecule has 1 unspecified atom stereocenters. The third-order valence-electron chi connectivity index (χ3n) is 3.86. The summed E-state index contributed by atoms with van der Waals surface area (Å²) in [5.41, 5.74) is 3.47. The Morgan fingerprint density at radius 1 is 1.21 bits per heavy atom. The minimum absolute atomic E-state index is 0.446. The molecule has 0 saturated carbocycles. The van der Waals surface area contributed by atoms with Crippen LogP contribution in [0.4, 0.5) is 19.0 Å². The van der Waals surface area contributed by atoms with Crippen molar-refractivity contribution < 1.29 is 18.3 Å². The number of nitrogens with zero attached hydrogens (tertiary/aromatic N) is 1. The highest BCUT2D eigenvalue weighted by Crippen LogP contribution is 2.21. The van der Waals surface area contributed by atoms with Gasteiger partial charge < -0.3 is 15.7 Å². The molecule has 3 rings (SSSR count). The fourth-order valence-corrected chi connectivity index (χ4v) is 2.61. The van der Waals surface area contributed by atoms with Crippen molar-refractivity contribution in [3.05, 3.63) is 65.9 Å². The Hall–Kier alpha value is -2.03. The van der Waals surface area contributed by atoms with Crippen molar-refractivity contribution in [2.45, 2.75) is 18.3 Å². The van der Waals surface area contributed by atoms with Crippen LogP contribution >= 0.6 is 12.6 Å². The molecule has 154 valence electrons. The van der Waals surface area contributed by atoms with Gasteiger partial charge in [-0.05, 0) is 41.8 Å². The number of benzene rings is 1. The van der Waals surface area contributed by atoms with E-state index >= 15 is 0 Å². The third kappa shape index (κ3) is 9.25. The van der Waals surface area contributed by atoms with Crippen LogP contribution in [0.1, 0.15) is 23.7 Å². The van der Waals surface area contributed by atoms with Gasteiger partial charge in [-0.2, -0.15) is 8.78 Å². The van der Waals surface area contributed by atoms with Gasteiger partial charge in [0.1, 0.15) is 5.82 Å². The molecule has 2 aromatic rings. The van der Waals surface area contributed by atoms with Gasteiger partial charge in [-0.3, -0.25) is 4.39 Å². The van der Waals surface area contributed by atoms with E-state index in [2.05, 4.69) is 40.4 Å². The number of alkyl halides is 3. The van der Waals surface area contributed by atoms with E-state index in [1.807, 2.05) is 42.6 Å². The zero-order chi connectivity index (χ0) is 20.8. The molecule has 1 atom stereocenters. The molecule has 0 amide bonds.